The highest BCUT2D eigenvalue weighted by molar-refractivity contribution is 5.96. The summed E-state index contributed by atoms with van der Waals surface area (Å²) in [6.07, 6.45) is 2.60. The monoisotopic (exact) mass is 438 g/mol. The van der Waals surface area contributed by atoms with Crippen LogP contribution in [0.25, 0.3) is 5.69 Å². The average molecular weight is 438 g/mol. The first kappa shape index (κ1) is 21.1. The fourth-order valence-corrected chi connectivity index (χ4v) is 3.64. The molecule has 10 nitrogen and oxygen atoms in total. The van der Waals surface area contributed by atoms with E-state index in [4.69, 9.17) is 0 Å². The van der Waals surface area contributed by atoms with Gasteiger partial charge in [-0.05, 0) is 37.3 Å². The van der Waals surface area contributed by atoms with Gasteiger partial charge in [-0.2, -0.15) is 5.10 Å². The lowest BCUT2D eigenvalue weighted by Gasteiger charge is -2.36. The molecule has 0 radical (unpaired) electrons. The smallest absolute Gasteiger partial charge is 0.295 e. The third-order valence-electron chi connectivity index (χ3n) is 5.35. The predicted octanol–water partition coefficient (Wildman–Crippen LogP) is 2.48. The number of Topliss-reactive ketones (excluding diaryl/α,β-unsaturated/α-hetero) is 1. The number of nitro groups is 1. The molecule has 2 heterocycles. The zero-order valence-electron chi connectivity index (χ0n) is 17.1. The Kier molecular flexibility index (Phi) is 5.63. The van der Waals surface area contributed by atoms with Crippen molar-refractivity contribution >= 4 is 23.1 Å². The molecule has 1 aliphatic heterocycles. The fourth-order valence-electron chi connectivity index (χ4n) is 3.64. The second kappa shape index (κ2) is 8.53. The molecule has 11 heteroatoms. The molecule has 0 aliphatic carbocycles. The summed E-state index contributed by atoms with van der Waals surface area (Å²) in [5, 5.41) is 15.4. The Morgan fingerprint density at radius 2 is 1.72 bits per heavy atom. The van der Waals surface area contributed by atoms with Gasteiger partial charge in [0.05, 0.1) is 10.6 Å². The standard InChI is InChI=1S/C21H19FN6O4/c1-14(29)15-2-4-18(17(22)10-15)25-6-8-26(9-7-25)21(30)16-3-5-19(20(11-16)28(31)32)27-13-23-12-24-27/h2-5,10-13H,6-9H2,1H3. The number of benzene rings is 2. The molecule has 2 aromatic carbocycles. The number of aromatic nitrogens is 3. The lowest BCUT2D eigenvalue weighted by molar-refractivity contribution is -0.384. The predicted molar refractivity (Wildman–Crippen MR) is 113 cm³/mol. The Labute approximate surface area is 182 Å². The van der Waals surface area contributed by atoms with Gasteiger partial charge in [-0.15, -0.1) is 0 Å². The van der Waals surface area contributed by atoms with Crippen LogP contribution >= 0.6 is 0 Å². The van der Waals surface area contributed by atoms with Gasteiger partial charge in [0, 0.05) is 43.4 Å². The average Bonchev–Trinajstić information content (AvgIpc) is 3.33. The number of piperazine rings is 1. The molecule has 0 N–H and O–H groups in total. The molecule has 0 spiro atoms. The van der Waals surface area contributed by atoms with E-state index in [9.17, 15) is 24.1 Å². The van der Waals surface area contributed by atoms with Gasteiger partial charge in [0.1, 0.15) is 24.2 Å². The molecular formula is C21H19FN6O4. The van der Waals surface area contributed by atoms with Crippen LogP contribution in [0.1, 0.15) is 27.6 Å². The maximum Gasteiger partial charge on any atom is 0.295 e. The lowest BCUT2D eigenvalue weighted by atomic mass is 10.1. The van der Waals surface area contributed by atoms with Crippen molar-refractivity contribution in [2.75, 3.05) is 31.1 Å². The zero-order valence-corrected chi connectivity index (χ0v) is 17.1. The number of hydrogen-bond donors (Lipinski definition) is 0. The van der Waals surface area contributed by atoms with Crippen molar-refractivity contribution in [3.8, 4) is 5.69 Å². The highest BCUT2D eigenvalue weighted by atomic mass is 19.1. The van der Waals surface area contributed by atoms with Gasteiger partial charge in [-0.1, -0.05) is 0 Å². The number of carbonyl (C=O) groups is 2. The summed E-state index contributed by atoms with van der Waals surface area (Å²) >= 11 is 0. The van der Waals surface area contributed by atoms with Crippen molar-refractivity contribution in [3.63, 3.8) is 0 Å². The number of nitro benzene ring substituents is 1. The SMILES string of the molecule is CC(=O)c1ccc(N2CCN(C(=O)c3ccc(-n4cncn4)c([N+](=O)[O-])c3)CC2)c(F)c1. The van der Waals surface area contributed by atoms with Crippen molar-refractivity contribution in [1.82, 2.24) is 19.7 Å². The summed E-state index contributed by atoms with van der Waals surface area (Å²) in [6.45, 7) is 2.81. The molecule has 1 fully saturated rings. The van der Waals surface area contributed by atoms with Gasteiger partial charge >= 0.3 is 0 Å². The number of nitrogens with zero attached hydrogens (tertiary/aromatic N) is 6. The van der Waals surface area contributed by atoms with Crippen LogP contribution in [0.3, 0.4) is 0 Å². The number of hydrogen-bond acceptors (Lipinski definition) is 7. The van der Waals surface area contributed by atoms with Crippen molar-refractivity contribution in [2.24, 2.45) is 0 Å². The van der Waals surface area contributed by atoms with Gasteiger partial charge in [-0.25, -0.2) is 14.1 Å². The first-order chi connectivity index (χ1) is 15.3. The van der Waals surface area contributed by atoms with Gasteiger partial charge in [-0.3, -0.25) is 19.7 Å². The van der Waals surface area contributed by atoms with E-state index >= 15 is 0 Å². The number of ketones is 1. The molecular weight excluding hydrogens is 419 g/mol. The largest absolute Gasteiger partial charge is 0.366 e. The van der Waals surface area contributed by atoms with E-state index < -0.39 is 10.7 Å². The Bertz CT molecular complexity index is 1190. The van der Waals surface area contributed by atoms with Crippen LogP contribution in [0.5, 0.6) is 0 Å². The van der Waals surface area contributed by atoms with Gasteiger partial charge in [0.25, 0.3) is 11.6 Å². The molecule has 4 rings (SSSR count). The Morgan fingerprint density at radius 1 is 1.03 bits per heavy atom. The minimum atomic E-state index is -0.570. The maximum atomic E-state index is 14.4. The third kappa shape index (κ3) is 4.04. The fraction of sp³-hybridized carbons (Fsp3) is 0.238. The summed E-state index contributed by atoms with van der Waals surface area (Å²) in [4.78, 5) is 42.5. The van der Waals surface area contributed by atoms with E-state index in [-0.39, 0.29) is 28.6 Å². The van der Waals surface area contributed by atoms with Crippen molar-refractivity contribution < 1.29 is 18.9 Å². The van der Waals surface area contributed by atoms with Crippen molar-refractivity contribution in [2.45, 2.75) is 6.92 Å². The van der Waals surface area contributed by atoms with Crippen LogP contribution in [-0.2, 0) is 0 Å². The Morgan fingerprint density at radius 3 is 2.31 bits per heavy atom. The van der Waals surface area contributed by atoms with Gasteiger partial charge in [0.15, 0.2) is 5.78 Å². The first-order valence-electron chi connectivity index (χ1n) is 9.83. The Hall–Kier alpha value is -4.15. The van der Waals surface area contributed by atoms with Crippen LogP contribution in [0, 0.1) is 15.9 Å². The minimum Gasteiger partial charge on any atom is -0.366 e. The molecule has 3 aromatic rings. The summed E-state index contributed by atoms with van der Waals surface area (Å²) in [5.74, 6) is -1.04. The summed E-state index contributed by atoms with van der Waals surface area (Å²) < 4.78 is 15.7. The second-order valence-corrected chi connectivity index (χ2v) is 7.30. The number of halogens is 1. The normalized spacial score (nSPS) is 13.8. The highest BCUT2D eigenvalue weighted by Crippen LogP contribution is 2.26. The number of amides is 1. The molecule has 1 aliphatic rings. The van der Waals surface area contributed by atoms with E-state index in [1.54, 1.807) is 21.9 Å². The molecule has 164 valence electrons. The molecule has 0 saturated carbocycles. The van der Waals surface area contributed by atoms with E-state index in [0.29, 0.717) is 37.4 Å². The topological polar surface area (TPSA) is 114 Å². The van der Waals surface area contributed by atoms with Crippen LogP contribution in [0.15, 0.2) is 49.1 Å². The number of anilines is 1. The molecule has 0 bridgehead atoms. The molecule has 32 heavy (non-hydrogen) atoms. The molecule has 1 saturated heterocycles. The van der Waals surface area contributed by atoms with Crippen LogP contribution in [0.4, 0.5) is 15.8 Å². The van der Waals surface area contributed by atoms with Crippen molar-refractivity contribution in [1.29, 1.82) is 0 Å². The van der Waals surface area contributed by atoms with Crippen LogP contribution in [-0.4, -0.2) is 62.5 Å². The number of carbonyl (C=O) groups excluding carboxylic acids is 2. The van der Waals surface area contributed by atoms with Crippen LogP contribution < -0.4 is 4.90 Å². The second-order valence-electron chi connectivity index (χ2n) is 7.30. The minimum absolute atomic E-state index is 0.186. The van der Waals surface area contributed by atoms with Gasteiger partial charge in [0.2, 0.25) is 0 Å². The first-order valence-corrected chi connectivity index (χ1v) is 9.83. The third-order valence-corrected chi connectivity index (χ3v) is 5.35. The van der Waals surface area contributed by atoms with Gasteiger partial charge < -0.3 is 9.80 Å². The van der Waals surface area contributed by atoms with E-state index in [2.05, 4.69) is 10.1 Å². The summed E-state index contributed by atoms with van der Waals surface area (Å²) in [6, 6.07) is 8.56. The number of rotatable bonds is 5. The zero-order chi connectivity index (χ0) is 22.8. The molecule has 0 unspecified atom stereocenters. The lowest BCUT2D eigenvalue weighted by Crippen LogP contribution is -2.49. The Balaban J connectivity index is 1.48. The maximum absolute atomic E-state index is 14.4. The molecule has 1 aromatic heterocycles. The summed E-state index contributed by atoms with van der Waals surface area (Å²) in [5.41, 5.74) is 0.808. The quantitative estimate of drug-likeness (QED) is 0.341. The van der Waals surface area contributed by atoms with E-state index in [0.717, 1.165) is 0 Å². The van der Waals surface area contributed by atoms with Crippen LogP contribution in [0.2, 0.25) is 0 Å². The highest BCUT2D eigenvalue weighted by Gasteiger charge is 2.26. The molecule has 0 atom stereocenters. The van der Waals surface area contributed by atoms with E-state index in [1.807, 2.05) is 0 Å². The summed E-state index contributed by atoms with van der Waals surface area (Å²) in [7, 11) is 0. The van der Waals surface area contributed by atoms with Crippen molar-refractivity contribution in [3.05, 3.63) is 76.1 Å². The van der Waals surface area contributed by atoms with E-state index in [1.165, 1.54) is 48.5 Å². The molecule has 1 amide bonds.